The predicted molar refractivity (Wildman–Crippen MR) is 106 cm³/mol. The Morgan fingerprint density at radius 1 is 1.58 bits per heavy atom. The van der Waals surface area contributed by atoms with Crippen LogP contribution in [0.25, 0.3) is 0 Å². The van der Waals surface area contributed by atoms with E-state index >= 15 is 0 Å². The van der Waals surface area contributed by atoms with E-state index in [2.05, 4.69) is 16.7 Å². The number of nitrogens with zero attached hydrogens (tertiary/aromatic N) is 3. The zero-order valence-electron chi connectivity index (χ0n) is 17.0. The quantitative estimate of drug-likeness (QED) is 0.209. The Labute approximate surface area is 176 Å². The van der Waals surface area contributed by atoms with Gasteiger partial charge in [-0.15, -0.1) is 0 Å². The number of nitrogen functional groups attached to an aromatic ring is 1. The summed E-state index contributed by atoms with van der Waals surface area (Å²) in [7, 11) is -4.67. The molecule has 0 saturated carbocycles. The van der Waals surface area contributed by atoms with Crippen LogP contribution in [-0.2, 0) is 23.4 Å². The number of nitrogens with two attached hydrogens (primary N) is 1. The van der Waals surface area contributed by atoms with Crippen LogP contribution < -0.4 is 16.5 Å². The molecule has 1 aliphatic heterocycles. The molecule has 1 aromatic heterocycles. The van der Waals surface area contributed by atoms with Gasteiger partial charge in [0.05, 0.1) is 6.10 Å². The van der Waals surface area contributed by atoms with Gasteiger partial charge < -0.3 is 25.2 Å². The minimum absolute atomic E-state index is 0.0978. The summed E-state index contributed by atoms with van der Waals surface area (Å²) >= 11 is 0. The highest BCUT2D eigenvalue weighted by atomic mass is 31.2. The first-order valence-electron chi connectivity index (χ1n) is 9.10. The monoisotopic (exact) mass is 465 g/mol. The van der Waals surface area contributed by atoms with Crippen LogP contribution in [0.1, 0.15) is 27.0 Å². The number of halogens is 1. The number of rotatable bonds is 9. The molecule has 2 rings (SSSR count). The van der Waals surface area contributed by atoms with E-state index in [1.807, 2.05) is 5.09 Å². The van der Waals surface area contributed by atoms with E-state index in [0.717, 1.165) is 10.8 Å². The molecule has 1 aliphatic rings. The van der Waals surface area contributed by atoms with Gasteiger partial charge in [-0.2, -0.15) is 4.98 Å². The van der Waals surface area contributed by atoms with E-state index in [-0.39, 0.29) is 5.82 Å². The van der Waals surface area contributed by atoms with Gasteiger partial charge in [0.15, 0.2) is 12.4 Å². The average molecular weight is 465 g/mol. The number of carbonyl (C=O) groups excluding carboxylic acids is 1. The Morgan fingerprint density at radius 2 is 2.23 bits per heavy atom. The molecule has 1 unspecified atom stereocenters. The summed E-state index contributed by atoms with van der Waals surface area (Å²) in [6.07, 6.45) is -5.11. The number of aromatic nitrogens is 2. The molecule has 2 heterocycles. The number of hydrogen-bond donors (Lipinski definition) is 4. The molecule has 31 heavy (non-hydrogen) atoms. The van der Waals surface area contributed by atoms with E-state index in [9.17, 15) is 28.5 Å². The Bertz CT molecular complexity index is 930. The molecule has 0 radical (unpaired) electrons. The van der Waals surface area contributed by atoms with Gasteiger partial charge >= 0.3 is 19.4 Å². The minimum Gasteiger partial charge on any atom is -0.462 e. The Kier molecular flexibility index (Phi) is 7.68. The molecule has 1 saturated heterocycles. The highest BCUT2D eigenvalue weighted by Gasteiger charge is 2.57. The van der Waals surface area contributed by atoms with Crippen LogP contribution in [0.15, 0.2) is 22.1 Å². The molecule has 15 heteroatoms. The third-order valence-corrected chi connectivity index (χ3v) is 5.44. The van der Waals surface area contributed by atoms with Gasteiger partial charge in [0.2, 0.25) is 5.72 Å². The van der Waals surface area contributed by atoms with Gasteiger partial charge in [-0.05, 0) is 33.6 Å². The molecule has 0 bridgehead atoms. The fraction of sp³-hybridized carbons (Fsp3) is 0.625. The van der Waals surface area contributed by atoms with Gasteiger partial charge in [-0.3, -0.25) is 18.9 Å². The summed E-state index contributed by atoms with van der Waals surface area (Å²) in [5.41, 5.74) is 2.15. The first-order chi connectivity index (χ1) is 14.3. The number of aliphatic hydroxyl groups is 1. The normalized spacial score (nSPS) is 28.8. The molecule has 174 valence electrons. The third-order valence-electron chi connectivity index (χ3n) is 4.25. The lowest BCUT2D eigenvalue weighted by Gasteiger charge is -2.27. The largest absolute Gasteiger partial charge is 0.462 e. The number of nitrogens with one attached hydrogen (secondary N) is 1. The predicted octanol–water partition coefficient (Wildman–Crippen LogP) is -0.503. The number of ether oxygens (including phenoxy) is 2. The van der Waals surface area contributed by atoms with Gasteiger partial charge in [0.1, 0.15) is 24.6 Å². The lowest BCUT2D eigenvalue weighted by Crippen LogP contribution is -2.43. The number of aliphatic imine (C=N–C) groups is 1. The molecule has 5 N–H and O–H groups in total. The van der Waals surface area contributed by atoms with E-state index in [0.29, 0.717) is 0 Å². The first-order valence-corrected chi connectivity index (χ1v) is 10.7. The minimum atomic E-state index is -4.67. The molecule has 0 spiro atoms. The smallest absolute Gasteiger partial charge is 0.403 e. The molecule has 0 aliphatic carbocycles. The topological polar surface area (TPSA) is 188 Å². The molecular formula is C16H25FN5O8P. The van der Waals surface area contributed by atoms with E-state index in [1.165, 1.54) is 13.0 Å². The SMILES string of the molecule is C=N[C@]1(COP(=O)(O)N[C@@H](C)C(=O)OC(C)C)O[C@@H](n2ccc(N)nc2=O)[C@H](O)[C@@H]1F. The van der Waals surface area contributed by atoms with E-state index < -0.39 is 62.4 Å². The Hall–Kier alpha value is -2.22. The van der Waals surface area contributed by atoms with Crippen LogP contribution in [-0.4, -0.2) is 69.0 Å². The molecule has 13 nitrogen and oxygen atoms in total. The highest BCUT2D eigenvalue weighted by molar-refractivity contribution is 7.50. The van der Waals surface area contributed by atoms with Gasteiger partial charge in [0.25, 0.3) is 0 Å². The molecule has 0 aromatic carbocycles. The molecular weight excluding hydrogens is 440 g/mol. The van der Waals surface area contributed by atoms with Crippen LogP contribution in [0.3, 0.4) is 0 Å². The van der Waals surface area contributed by atoms with Crippen molar-refractivity contribution in [1.82, 2.24) is 14.6 Å². The second-order valence-corrected chi connectivity index (χ2v) is 8.63. The van der Waals surface area contributed by atoms with Crippen molar-refractivity contribution in [1.29, 1.82) is 0 Å². The molecule has 0 amide bonds. The third kappa shape index (κ3) is 5.73. The van der Waals surface area contributed by atoms with Crippen molar-refractivity contribution in [3.05, 3.63) is 22.7 Å². The van der Waals surface area contributed by atoms with E-state index in [4.69, 9.17) is 19.7 Å². The van der Waals surface area contributed by atoms with Crippen LogP contribution in [0.5, 0.6) is 0 Å². The summed E-state index contributed by atoms with van der Waals surface area (Å²) in [5, 5.41) is 12.3. The maximum atomic E-state index is 14.9. The number of anilines is 1. The summed E-state index contributed by atoms with van der Waals surface area (Å²) in [5.74, 6) is -0.907. The lowest BCUT2D eigenvalue weighted by molar-refractivity contribution is -0.149. The number of alkyl halides is 1. The van der Waals surface area contributed by atoms with Crippen LogP contribution in [0.2, 0.25) is 0 Å². The van der Waals surface area contributed by atoms with Crippen molar-refractivity contribution >= 4 is 26.3 Å². The Morgan fingerprint density at radius 3 is 2.77 bits per heavy atom. The lowest BCUT2D eigenvalue weighted by atomic mass is 10.1. The van der Waals surface area contributed by atoms with Crippen molar-refractivity contribution in [2.75, 3.05) is 12.3 Å². The Balaban J connectivity index is 2.15. The van der Waals surface area contributed by atoms with Gasteiger partial charge in [-0.1, -0.05) is 0 Å². The number of aliphatic hydroxyl groups excluding tert-OH is 1. The number of hydrogen-bond acceptors (Lipinski definition) is 10. The summed E-state index contributed by atoms with van der Waals surface area (Å²) in [6, 6.07) is 0.000713. The van der Waals surface area contributed by atoms with Crippen LogP contribution in [0, 0.1) is 0 Å². The van der Waals surface area contributed by atoms with Crippen molar-refractivity contribution in [2.45, 2.75) is 57.1 Å². The van der Waals surface area contributed by atoms with Crippen LogP contribution in [0.4, 0.5) is 10.2 Å². The summed E-state index contributed by atoms with van der Waals surface area (Å²) in [4.78, 5) is 40.7. The first kappa shape index (κ1) is 25.0. The fourth-order valence-electron chi connectivity index (χ4n) is 2.73. The van der Waals surface area contributed by atoms with Crippen molar-refractivity contribution in [2.24, 2.45) is 4.99 Å². The summed E-state index contributed by atoms with van der Waals surface area (Å²) < 4.78 is 43.1. The number of carbonyl (C=O) groups is 1. The maximum Gasteiger partial charge on any atom is 0.403 e. The molecule has 6 atom stereocenters. The average Bonchev–Trinajstić information content (AvgIpc) is 2.91. The van der Waals surface area contributed by atoms with Gasteiger partial charge in [0, 0.05) is 6.20 Å². The standard InChI is InChI=1S/C16H25FN5O8P/c1-8(2)29-14(24)9(3)21-31(26,27)28-7-16(19-4)12(17)11(23)13(30-16)22-6-5-10(18)20-15(22)25/h5-6,8-9,11-13,23H,4,7H2,1-3H3,(H2,18,20,25)(H2,21,26,27)/t9-,11+,12-,13+,16+/m0/s1. The zero-order chi connectivity index (χ0) is 23.6. The summed E-state index contributed by atoms with van der Waals surface area (Å²) in [6.45, 7) is 6.68. The van der Waals surface area contributed by atoms with Crippen LogP contribution >= 0.6 is 7.75 Å². The van der Waals surface area contributed by atoms with Crippen molar-refractivity contribution in [3.8, 4) is 0 Å². The van der Waals surface area contributed by atoms with Crippen molar-refractivity contribution in [3.63, 3.8) is 0 Å². The second-order valence-electron chi connectivity index (χ2n) is 7.08. The second kappa shape index (κ2) is 9.51. The van der Waals surface area contributed by atoms with E-state index in [1.54, 1.807) is 13.8 Å². The maximum absolute atomic E-state index is 14.9. The fourth-order valence-corrected chi connectivity index (χ4v) is 3.76. The molecule has 1 aromatic rings. The molecule has 1 fully saturated rings. The van der Waals surface area contributed by atoms with Gasteiger partial charge in [-0.25, -0.2) is 18.8 Å². The zero-order valence-corrected chi connectivity index (χ0v) is 17.9. The van der Waals surface area contributed by atoms with Crippen molar-refractivity contribution < 1.29 is 37.7 Å². The highest BCUT2D eigenvalue weighted by Crippen LogP contribution is 2.44. The number of esters is 1.